The highest BCUT2D eigenvalue weighted by Gasteiger charge is 2.24. The highest BCUT2D eigenvalue weighted by Crippen LogP contribution is 2.28. The maximum Gasteiger partial charge on any atom is 0.268 e. The molecule has 9 heteroatoms. The van der Waals surface area contributed by atoms with Gasteiger partial charge < -0.3 is 15.5 Å². The average molecular weight is 555 g/mol. The molecule has 0 unspecified atom stereocenters. The summed E-state index contributed by atoms with van der Waals surface area (Å²) in [6.45, 7) is 0.612. The van der Waals surface area contributed by atoms with E-state index in [-0.39, 0.29) is 4.90 Å². The Bertz CT molecular complexity index is 1740. The van der Waals surface area contributed by atoms with E-state index in [1.54, 1.807) is 30.5 Å². The number of rotatable bonds is 8. The summed E-state index contributed by atoms with van der Waals surface area (Å²) in [5.41, 5.74) is 2.62. The summed E-state index contributed by atoms with van der Waals surface area (Å²) in [6.07, 6.45) is 5.83. The first-order valence-electron chi connectivity index (χ1n) is 13.7. The molecule has 1 aliphatic rings. The van der Waals surface area contributed by atoms with Crippen LogP contribution in [0.25, 0.3) is 21.8 Å². The second-order valence-corrected chi connectivity index (χ2v) is 12.5. The molecule has 3 aromatic carbocycles. The van der Waals surface area contributed by atoms with E-state index < -0.39 is 10.0 Å². The van der Waals surface area contributed by atoms with E-state index in [0.717, 1.165) is 53.4 Å². The molecule has 0 atom stereocenters. The van der Waals surface area contributed by atoms with E-state index in [2.05, 4.69) is 16.7 Å². The fraction of sp³-hybridized carbons (Fsp3) is 0.290. The van der Waals surface area contributed by atoms with Gasteiger partial charge in [0.15, 0.2) is 0 Å². The fourth-order valence-electron chi connectivity index (χ4n) is 5.61. The number of anilines is 2. The van der Waals surface area contributed by atoms with Gasteiger partial charge in [-0.25, -0.2) is 17.4 Å². The van der Waals surface area contributed by atoms with E-state index in [1.165, 1.54) is 3.97 Å². The molecule has 0 spiro atoms. The lowest BCUT2D eigenvalue weighted by Crippen LogP contribution is -2.37. The summed E-state index contributed by atoms with van der Waals surface area (Å²) in [4.78, 5) is 11.9. The molecule has 40 heavy (non-hydrogen) atoms. The molecule has 0 amide bonds. The Kier molecular flexibility index (Phi) is 7.16. The Hall–Kier alpha value is -3.95. The SMILES string of the molecule is CN(C)c1nc(NC2CCC(NCc3cn(S(=O)(=O)c4ccccc4)c4ccccc34)CC2)nc2ccccc12. The number of benzene rings is 3. The largest absolute Gasteiger partial charge is 0.362 e. The van der Waals surface area contributed by atoms with Crippen molar-refractivity contribution in [3.8, 4) is 0 Å². The molecule has 5 aromatic rings. The molecular weight excluding hydrogens is 520 g/mol. The number of para-hydroxylation sites is 2. The molecule has 0 bridgehead atoms. The topological polar surface area (TPSA) is 92.2 Å². The monoisotopic (exact) mass is 554 g/mol. The molecule has 1 fully saturated rings. The minimum atomic E-state index is -3.68. The normalized spacial score (nSPS) is 17.8. The number of nitrogens with one attached hydrogen (secondary N) is 2. The second kappa shape index (κ2) is 10.9. The maximum absolute atomic E-state index is 13.4. The zero-order valence-electron chi connectivity index (χ0n) is 22.8. The van der Waals surface area contributed by atoms with E-state index in [1.807, 2.05) is 67.5 Å². The van der Waals surface area contributed by atoms with Crippen LogP contribution in [0.15, 0.2) is 90.0 Å². The van der Waals surface area contributed by atoms with Crippen LogP contribution in [0.1, 0.15) is 31.2 Å². The summed E-state index contributed by atoms with van der Waals surface area (Å²) in [6, 6.07) is 25.1. The van der Waals surface area contributed by atoms with Gasteiger partial charge >= 0.3 is 0 Å². The van der Waals surface area contributed by atoms with Crippen molar-refractivity contribution in [2.24, 2.45) is 0 Å². The lowest BCUT2D eigenvalue weighted by molar-refractivity contribution is 0.352. The maximum atomic E-state index is 13.4. The number of hydrogen-bond acceptors (Lipinski definition) is 7. The lowest BCUT2D eigenvalue weighted by atomic mass is 9.91. The van der Waals surface area contributed by atoms with Gasteiger partial charge in [-0.05, 0) is 61.6 Å². The Labute approximate surface area is 235 Å². The van der Waals surface area contributed by atoms with E-state index >= 15 is 0 Å². The fourth-order valence-corrected chi connectivity index (χ4v) is 7.02. The molecule has 2 aromatic heterocycles. The third-order valence-electron chi connectivity index (χ3n) is 7.71. The molecule has 8 nitrogen and oxygen atoms in total. The van der Waals surface area contributed by atoms with Crippen LogP contribution in [-0.4, -0.2) is 48.5 Å². The molecule has 1 aliphatic carbocycles. The van der Waals surface area contributed by atoms with E-state index in [4.69, 9.17) is 9.97 Å². The second-order valence-electron chi connectivity index (χ2n) is 10.6. The van der Waals surface area contributed by atoms with Gasteiger partial charge in [0.25, 0.3) is 10.0 Å². The molecular formula is C31H34N6O2S. The van der Waals surface area contributed by atoms with Crippen LogP contribution in [0.4, 0.5) is 11.8 Å². The molecule has 0 saturated heterocycles. The quantitative estimate of drug-likeness (QED) is 0.265. The van der Waals surface area contributed by atoms with Crippen LogP contribution >= 0.6 is 0 Å². The summed E-state index contributed by atoms with van der Waals surface area (Å²) in [5, 5.41) is 9.27. The van der Waals surface area contributed by atoms with E-state index in [9.17, 15) is 8.42 Å². The zero-order valence-corrected chi connectivity index (χ0v) is 23.6. The smallest absolute Gasteiger partial charge is 0.268 e. The Morgan fingerprint density at radius 3 is 2.23 bits per heavy atom. The number of aromatic nitrogens is 3. The molecule has 0 radical (unpaired) electrons. The predicted molar refractivity (Wildman–Crippen MR) is 161 cm³/mol. The zero-order chi connectivity index (χ0) is 27.7. The molecule has 1 saturated carbocycles. The van der Waals surface area contributed by atoms with Gasteiger partial charge in [0, 0.05) is 49.7 Å². The first-order chi connectivity index (χ1) is 19.4. The molecule has 206 valence electrons. The third kappa shape index (κ3) is 5.14. The van der Waals surface area contributed by atoms with Crippen molar-refractivity contribution < 1.29 is 8.42 Å². The van der Waals surface area contributed by atoms with Gasteiger partial charge in [-0.3, -0.25) is 0 Å². The van der Waals surface area contributed by atoms with Crippen molar-refractivity contribution in [2.75, 3.05) is 24.3 Å². The van der Waals surface area contributed by atoms with Crippen LogP contribution < -0.4 is 15.5 Å². The average Bonchev–Trinajstić information content (AvgIpc) is 3.36. The van der Waals surface area contributed by atoms with Crippen LogP contribution in [0.2, 0.25) is 0 Å². The third-order valence-corrected chi connectivity index (χ3v) is 9.40. The highest BCUT2D eigenvalue weighted by atomic mass is 32.2. The number of hydrogen-bond donors (Lipinski definition) is 2. The van der Waals surface area contributed by atoms with Gasteiger partial charge in [-0.2, -0.15) is 4.98 Å². The lowest BCUT2D eigenvalue weighted by Gasteiger charge is -2.30. The van der Waals surface area contributed by atoms with E-state index in [0.29, 0.717) is 30.1 Å². The van der Waals surface area contributed by atoms with Crippen LogP contribution in [0, 0.1) is 0 Å². The summed E-state index contributed by atoms with van der Waals surface area (Å²) < 4.78 is 28.2. The van der Waals surface area contributed by atoms with Crippen molar-refractivity contribution >= 4 is 43.6 Å². The predicted octanol–water partition coefficient (Wildman–Crippen LogP) is 5.40. The molecule has 6 rings (SSSR count). The van der Waals surface area contributed by atoms with Crippen molar-refractivity contribution in [2.45, 2.75) is 49.2 Å². The van der Waals surface area contributed by atoms with Crippen molar-refractivity contribution in [3.63, 3.8) is 0 Å². The van der Waals surface area contributed by atoms with Gasteiger partial charge in [0.1, 0.15) is 5.82 Å². The van der Waals surface area contributed by atoms with Gasteiger partial charge in [0.05, 0.1) is 15.9 Å². The minimum absolute atomic E-state index is 0.286. The van der Waals surface area contributed by atoms with Crippen LogP contribution in [0.3, 0.4) is 0 Å². The standard InChI is InChI=1S/C31H34N6O2S/c1-36(2)30-27-13-6-8-14-28(27)34-31(35-30)33-24-18-16-23(17-19-24)32-20-22-21-37(29-15-9-7-12-26(22)29)40(38,39)25-10-4-3-5-11-25/h3-15,21,23-24,32H,16-20H2,1-2H3,(H,33,34,35). The van der Waals surface area contributed by atoms with Crippen LogP contribution in [0.5, 0.6) is 0 Å². The number of nitrogens with zero attached hydrogens (tertiary/aromatic N) is 4. The first-order valence-corrected chi connectivity index (χ1v) is 15.2. The summed E-state index contributed by atoms with van der Waals surface area (Å²) in [7, 11) is 0.326. The van der Waals surface area contributed by atoms with Gasteiger partial charge in [-0.15, -0.1) is 0 Å². The molecule has 0 aliphatic heterocycles. The Morgan fingerprint density at radius 1 is 0.825 bits per heavy atom. The molecule has 2 N–H and O–H groups in total. The van der Waals surface area contributed by atoms with Crippen molar-refractivity contribution in [1.29, 1.82) is 0 Å². The molecule has 2 heterocycles. The summed E-state index contributed by atoms with van der Waals surface area (Å²) in [5.74, 6) is 1.59. The highest BCUT2D eigenvalue weighted by molar-refractivity contribution is 7.90. The van der Waals surface area contributed by atoms with Crippen LogP contribution in [-0.2, 0) is 16.6 Å². The number of fused-ring (bicyclic) bond motifs is 2. The minimum Gasteiger partial charge on any atom is -0.362 e. The summed E-state index contributed by atoms with van der Waals surface area (Å²) >= 11 is 0. The Morgan fingerprint density at radius 2 is 1.48 bits per heavy atom. The van der Waals surface area contributed by atoms with Gasteiger partial charge in [0.2, 0.25) is 5.95 Å². The first kappa shape index (κ1) is 26.3. The Balaban J connectivity index is 1.12. The van der Waals surface area contributed by atoms with Crippen molar-refractivity contribution in [3.05, 3.63) is 90.6 Å². The van der Waals surface area contributed by atoms with Crippen molar-refractivity contribution in [1.82, 2.24) is 19.3 Å². The van der Waals surface area contributed by atoms with Gasteiger partial charge in [-0.1, -0.05) is 48.5 Å².